The van der Waals surface area contributed by atoms with E-state index in [1.807, 2.05) is 24.3 Å². The lowest BCUT2D eigenvalue weighted by molar-refractivity contribution is -0.115. The summed E-state index contributed by atoms with van der Waals surface area (Å²) in [5, 5.41) is 3.69. The molecule has 0 unspecified atom stereocenters. The van der Waals surface area contributed by atoms with Crippen molar-refractivity contribution in [2.45, 2.75) is 25.7 Å². The van der Waals surface area contributed by atoms with E-state index in [2.05, 4.69) is 5.32 Å². The molecule has 2 aromatic carbocycles. The standard InChI is InChI=1S/C23H22Cl2N2O3/c24-13-11-22(29)26-19-7-3-1-6-18(19)21(28)10-9-16-15-27(23(30)12-14-25)20-8-4-2-5-17(16)20/h1-8,15H,9-14H2,(H,26,29). The molecule has 7 heteroatoms. The summed E-state index contributed by atoms with van der Waals surface area (Å²) in [6.07, 6.45) is 2.94. The first-order valence-corrected chi connectivity index (χ1v) is 10.8. The Morgan fingerprint density at radius 1 is 0.867 bits per heavy atom. The van der Waals surface area contributed by atoms with Gasteiger partial charge in [-0.25, -0.2) is 0 Å². The topological polar surface area (TPSA) is 68.2 Å². The zero-order chi connectivity index (χ0) is 21.5. The Kier molecular flexibility index (Phi) is 7.66. The minimum atomic E-state index is -0.230. The SMILES string of the molecule is O=C(CCCl)Nc1ccccc1C(=O)CCc1cn(C(=O)CCCl)c2ccccc12. The molecule has 0 atom stereocenters. The molecule has 5 nitrogen and oxygen atoms in total. The van der Waals surface area contributed by atoms with E-state index < -0.39 is 0 Å². The summed E-state index contributed by atoms with van der Waals surface area (Å²) >= 11 is 11.3. The molecule has 3 aromatic rings. The van der Waals surface area contributed by atoms with Crippen LogP contribution < -0.4 is 5.32 Å². The van der Waals surface area contributed by atoms with Crippen LogP contribution in [0, 0.1) is 0 Å². The van der Waals surface area contributed by atoms with Crippen molar-refractivity contribution in [3.05, 3.63) is 65.9 Å². The van der Waals surface area contributed by atoms with Gasteiger partial charge in [-0.05, 0) is 30.2 Å². The highest BCUT2D eigenvalue weighted by Crippen LogP contribution is 2.25. The van der Waals surface area contributed by atoms with Crippen molar-refractivity contribution in [1.29, 1.82) is 0 Å². The fraction of sp³-hybridized carbons (Fsp3) is 0.261. The maximum absolute atomic E-state index is 12.9. The Morgan fingerprint density at radius 2 is 1.57 bits per heavy atom. The van der Waals surface area contributed by atoms with Gasteiger partial charge in [0.05, 0.1) is 11.2 Å². The molecular formula is C23H22Cl2N2O3. The van der Waals surface area contributed by atoms with Gasteiger partial charge in [0.1, 0.15) is 0 Å². The molecule has 0 aliphatic carbocycles. The van der Waals surface area contributed by atoms with Crippen LogP contribution in [0.4, 0.5) is 5.69 Å². The van der Waals surface area contributed by atoms with Gasteiger partial charge in [-0.1, -0.05) is 30.3 Å². The largest absolute Gasteiger partial charge is 0.325 e. The number of fused-ring (bicyclic) bond motifs is 1. The number of ketones is 1. The third-order valence-corrected chi connectivity index (χ3v) is 5.19. The van der Waals surface area contributed by atoms with Gasteiger partial charge in [-0.3, -0.25) is 19.0 Å². The summed E-state index contributed by atoms with van der Waals surface area (Å²) in [4.78, 5) is 37.2. The highest BCUT2D eigenvalue weighted by Gasteiger charge is 2.16. The first-order valence-electron chi connectivity index (χ1n) is 9.71. The van der Waals surface area contributed by atoms with Gasteiger partial charge in [0, 0.05) is 48.2 Å². The fourth-order valence-corrected chi connectivity index (χ4v) is 3.71. The highest BCUT2D eigenvalue weighted by molar-refractivity contribution is 6.19. The summed E-state index contributed by atoms with van der Waals surface area (Å²) in [6.45, 7) is 0. The van der Waals surface area contributed by atoms with E-state index in [-0.39, 0.29) is 48.6 Å². The molecule has 1 N–H and O–H groups in total. The lowest BCUT2D eigenvalue weighted by Crippen LogP contribution is -2.15. The van der Waals surface area contributed by atoms with E-state index in [0.29, 0.717) is 17.7 Å². The molecule has 0 aliphatic heterocycles. The van der Waals surface area contributed by atoms with Crippen molar-refractivity contribution in [3.63, 3.8) is 0 Å². The third-order valence-electron chi connectivity index (χ3n) is 4.82. The van der Waals surface area contributed by atoms with Crippen LogP contribution in [-0.4, -0.2) is 33.9 Å². The summed E-state index contributed by atoms with van der Waals surface area (Å²) < 4.78 is 1.61. The number of amides is 1. The van der Waals surface area contributed by atoms with Gasteiger partial charge in [-0.15, -0.1) is 23.2 Å². The minimum Gasteiger partial charge on any atom is -0.325 e. The Bertz CT molecular complexity index is 1080. The first kappa shape index (κ1) is 22.1. The number of hydrogen-bond acceptors (Lipinski definition) is 3. The van der Waals surface area contributed by atoms with Crippen LogP contribution in [-0.2, 0) is 11.2 Å². The number of carbonyl (C=O) groups is 3. The second-order valence-corrected chi connectivity index (χ2v) is 7.59. The molecule has 0 spiro atoms. The number of halogens is 2. The Labute approximate surface area is 185 Å². The van der Waals surface area contributed by atoms with Crippen molar-refractivity contribution in [2.24, 2.45) is 0 Å². The number of rotatable bonds is 9. The average Bonchev–Trinajstić information content (AvgIpc) is 3.12. The monoisotopic (exact) mass is 444 g/mol. The number of para-hydroxylation sites is 2. The van der Waals surface area contributed by atoms with Crippen LogP contribution >= 0.6 is 23.2 Å². The number of nitrogens with zero attached hydrogens (tertiary/aromatic N) is 1. The maximum atomic E-state index is 12.9. The van der Waals surface area contributed by atoms with Gasteiger partial charge < -0.3 is 5.32 Å². The van der Waals surface area contributed by atoms with Crippen molar-refractivity contribution in [2.75, 3.05) is 17.1 Å². The molecular weight excluding hydrogens is 423 g/mol. The average molecular weight is 445 g/mol. The Morgan fingerprint density at radius 3 is 2.33 bits per heavy atom. The molecule has 1 heterocycles. The minimum absolute atomic E-state index is 0.0777. The number of aryl methyl sites for hydroxylation is 1. The van der Waals surface area contributed by atoms with Gasteiger partial charge in [0.25, 0.3) is 0 Å². The maximum Gasteiger partial charge on any atom is 0.232 e. The number of hydrogen-bond donors (Lipinski definition) is 1. The number of carbonyl (C=O) groups excluding carboxylic acids is 3. The predicted molar refractivity (Wildman–Crippen MR) is 121 cm³/mol. The van der Waals surface area contributed by atoms with Crippen LogP contribution in [0.2, 0.25) is 0 Å². The summed E-state index contributed by atoms with van der Waals surface area (Å²) in [5.41, 5.74) is 2.68. The fourth-order valence-electron chi connectivity index (χ4n) is 3.37. The van der Waals surface area contributed by atoms with Gasteiger partial charge in [-0.2, -0.15) is 0 Å². The van der Waals surface area contributed by atoms with E-state index in [1.165, 1.54) is 0 Å². The molecule has 0 aliphatic rings. The van der Waals surface area contributed by atoms with E-state index in [0.717, 1.165) is 16.5 Å². The molecule has 0 saturated heterocycles. The summed E-state index contributed by atoms with van der Waals surface area (Å²) in [5.74, 6) is 0.0813. The predicted octanol–water partition coefficient (Wildman–Crippen LogP) is 5.29. The molecule has 1 aromatic heterocycles. The Hall–Kier alpha value is -2.63. The van der Waals surface area contributed by atoms with Crippen LogP contribution in [0.3, 0.4) is 0 Å². The van der Waals surface area contributed by atoms with Crippen molar-refractivity contribution >= 4 is 57.4 Å². The van der Waals surface area contributed by atoms with Gasteiger partial charge in [0.2, 0.25) is 11.8 Å². The molecule has 0 radical (unpaired) electrons. The van der Waals surface area contributed by atoms with E-state index in [9.17, 15) is 14.4 Å². The Balaban J connectivity index is 1.80. The number of anilines is 1. The number of alkyl halides is 2. The first-order chi connectivity index (χ1) is 14.5. The molecule has 30 heavy (non-hydrogen) atoms. The van der Waals surface area contributed by atoms with Crippen LogP contribution in [0.1, 0.15) is 40.0 Å². The van der Waals surface area contributed by atoms with Crippen molar-refractivity contribution in [1.82, 2.24) is 4.57 Å². The normalized spacial score (nSPS) is 10.9. The van der Waals surface area contributed by atoms with Crippen LogP contribution in [0.25, 0.3) is 10.9 Å². The molecule has 0 saturated carbocycles. The number of nitrogens with one attached hydrogen (secondary N) is 1. The number of aromatic nitrogens is 1. The molecule has 0 fully saturated rings. The van der Waals surface area contributed by atoms with Crippen molar-refractivity contribution in [3.8, 4) is 0 Å². The van der Waals surface area contributed by atoms with Crippen LogP contribution in [0.5, 0.6) is 0 Å². The van der Waals surface area contributed by atoms with E-state index >= 15 is 0 Å². The smallest absolute Gasteiger partial charge is 0.232 e. The zero-order valence-electron chi connectivity index (χ0n) is 16.4. The lowest BCUT2D eigenvalue weighted by atomic mass is 10.0. The second kappa shape index (κ2) is 10.4. The lowest BCUT2D eigenvalue weighted by Gasteiger charge is -2.10. The molecule has 1 amide bonds. The van der Waals surface area contributed by atoms with Crippen LogP contribution in [0.15, 0.2) is 54.7 Å². The quantitative estimate of drug-likeness (QED) is 0.359. The third kappa shape index (κ3) is 5.10. The van der Waals surface area contributed by atoms with E-state index in [1.54, 1.807) is 35.0 Å². The van der Waals surface area contributed by atoms with E-state index in [4.69, 9.17) is 23.2 Å². The summed E-state index contributed by atoms with van der Waals surface area (Å²) in [6, 6.07) is 14.5. The molecule has 0 bridgehead atoms. The van der Waals surface area contributed by atoms with Gasteiger partial charge >= 0.3 is 0 Å². The zero-order valence-corrected chi connectivity index (χ0v) is 17.9. The van der Waals surface area contributed by atoms with Crippen molar-refractivity contribution < 1.29 is 14.4 Å². The summed E-state index contributed by atoms with van der Waals surface area (Å²) in [7, 11) is 0. The second-order valence-electron chi connectivity index (χ2n) is 6.83. The number of Topliss-reactive ketones (excluding diaryl/α,β-unsaturated/α-hetero) is 1. The molecule has 156 valence electrons. The highest BCUT2D eigenvalue weighted by atomic mass is 35.5. The van der Waals surface area contributed by atoms with Gasteiger partial charge in [0.15, 0.2) is 5.78 Å². The molecule has 3 rings (SSSR count). The number of benzene rings is 2.